The van der Waals surface area contributed by atoms with Gasteiger partial charge >= 0.3 is 0 Å². The molecule has 0 spiro atoms. The van der Waals surface area contributed by atoms with E-state index in [1.807, 2.05) is 12.1 Å². The van der Waals surface area contributed by atoms with Crippen LogP contribution < -0.4 is 5.73 Å². The van der Waals surface area contributed by atoms with E-state index in [1.54, 1.807) is 11.3 Å². The van der Waals surface area contributed by atoms with Gasteiger partial charge in [0, 0.05) is 24.0 Å². The van der Waals surface area contributed by atoms with Crippen LogP contribution in [0.5, 0.6) is 0 Å². The molecule has 4 nitrogen and oxygen atoms in total. The fourth-order valence-electron chi connectivity index (χ4n) is 2.31. The second-order valence-corrected chi connectivity index (χ2v) is 6.32. The van der Waals surface area contributed by atoms with Gasteiger partial charge in [0.2, 0.25) is 0 Å². The lowest BCUT2D eigenvalue weighted by Crippen LogP contribution is -2.52. The highest BCUT2D eigenvalue weighted by molar-refractivity contribution is 7.16. The number of aliphatic hydroxyl groups is 1. The molecule has 1 aliphatic heterocycles. The van der Waals surface area contributed by atoms with Crippen molar-refractivity contribution in [1.82, 2.24) is 4.90 Å². The summed E-state index contributed by atoms with van der Waals surface area (Å²) in [7, 11) is 0. The maximum atomic E-state index is 9.22. The minimum atomic E-state index is -0.120. The number of ether oxygens (including phenoxy) is 1. The number of rotatable bonds is 4. The van der Waals surface area contributed by atoms with Crippen LogP contribution in [0.25, 0.3) is 0 Å². The Labute approximate surface area is 116 Å². The molecule has 3 N–H and O–H groups in total. The highest BCUT2D eigenvalue weighted by Crippen LogP contribution is 2.32. The summed E-state index contributed by atoms with van der Waals surface area (Å²) in [5.74, 6) is 0. The quantitative estimate of drug-likeness (QED) is 0.882. The molecular weight excluding hydrogens is 272 g/mol. The topological polar surface area (TPSA) is 58.7 Å². The Morgan fingerprint density at radius 3 is 3.00 bits per heavy atom. The third-order valence-electron chi connectivity index (χ3n) is 3.30. The number of morpholine rings is 1. The molecule has 18 heavy (non-hydrogen) atoms. The molecule has 2 heterocycles. The van der Waals surface area contributed by atoms with Gasteiger partial charge in [-0.1, -0.05) is 11.6 Å². The van der Waals surface area contributed by atoms with Crippen LogP contribution >= 0.6 is 22.9 Å². The molecule has 0 radical (unpaired) electrons. The molecule has 1 saturated heterocycles. The molecule has 102 valence electrons. The van der Waals surface area contributed by atoms with E-state index in [4.69, 9.17) is 22.1 Å². The minimum absolute atomic E-state index is 0.0473. The summed E-state index contributed by atoms with van der Waals surface area (Å²) in [6, 6.07) is 4.37. The normalized spacial score (nSPS) is 27.3. The van der Waals surface area contributed by atoms with Crippen LogP contribution in [-0.4, -0.2) is 48.5 Å². The van der Waals surface area contributed by atoms with E-state index >= 15 is 0 Å². The summed E-state index contributed by atoms with van der Waals surface area (Å²) < 4.78 is 6.33. The molecule has 0 saturated carbocycles. The van der Waals surface area contributed by atoms with Gasteiger partial charge < -0.3 is 15.6 Å². The van der Waals surface area contributed by atoms with Gasteiger partial charge in [-0.2, -0.15) is 0 Å². The van der Waals surface area contributed by atoms with Crippen molar-refractivity contribution in [2.24, 2.45) is 5.73 Å². The number of halogens is 1. The van der Waals surface area contributed by atoms with Crippen LogP contribution in [0.15, 0.2) is 12.1 Å². The molecule has 0 amide bonds. The van der Waals surface area contributed by atoms with E-state index in [2.05, 4.69) is 11.8 Å². The maximum absolute atomic E-state index is 9.22. The van der Waals surface area contributed by atoms with Crippen LogP contribution in [0.2, 0.25) is 4.34 Å². The standard InChI is InChI=1S/C12H19ClN2O2S/c1-8-7-17-9(6-16)5-15(8)10(4-14)11-2-3-12(13)18-11/h2-3,8-10,16H,4-7,14H2,1H3. The summed E-state index contributed by atoms with van der Waals surface area (Å²) in [4.78, 5) is 3.47. The van der Waals surface area contributed by atoms with Crippen molar-refractivity contribution in [2.45, 2.75) is 25.1 Å². The van der Waals surface area contributed by atoms with Crippen molar-refractivity contribution >= 4 is 22.9 Å². The largest absolute Gasteiger partial charge is 0.394 e. The Bertz CT molecular complexity index is 388. The summed E-state index contributed by atoms with van der Waals surface area (Å²) >= 11 is 7.55. The summed E-state index contributed by atoms with van der Waals surface area (Å²) in [6.07, 6.45) is -0.120. The zero-order chi connectivity index (χ0) is 13.1. The van der Waals surface area contributed by atoms with Crippen LogP contribution in [-0.2, 0) is 4.74 Å². The maximum Gasteiger partial charge on any atom is 0.0933 e. The molecule has 2 rings (SSSR count). The number of thiophene rings is 1. The Kier molecular flexibility index (Phi) is 5.00. The predicted molar refractivity (Wildman–Crippen MR) is 74.1 cm³/mol. The molecule has 0 aliphatic carbocycles. The van der Waals surface area contributed by atoms with Crippen LogP contribution in [0.3, 0.4) is 0 Å². The number of hydrogen-bond acceptors (Lipinski definition) is 5. The monoisotopic (exact) mass is 290 g/mol. The predicted octanol–water partition coefficient (Wildman–Crippen LogP) is 1.48. The first kappa shape index (κ1) is 14.2. The SMILES string of the molecule is CC1COC(CO)CN1C(CN)c1ccc(Cl)s1. The van der Waals surface area contributed by atoms with Gasteiger partial charge in [-0.25, -0.2) is 0 Å². The Hall–Kier alpha value is -0.170. The molecule has 0 aromatic carbocycles. The number of nitrogens with zero attached hydrogens (tertiary/aromatic N) is 1. The average Bonchev–Trinajstić information content (AvgIpc) is 2.79. The zero-order valence-corrected chi connectivity index (χ0v) is 12.0. The molecule has 6 heteroatoms. The van der Waals surface area contributed by atoms with Gasteiger partial charge in [-0.15, -0.1) is 11.3 Å². The summed E-state index contributed by atoms with van der Waals surface area (Å²) in [5, 5.41) is 9.22. The number of hydrogen-bond donors (Lipinski definition) is 2. The molecule has 1 aliphatic rings. The molecule has 1 aromatic heterocycles. The Balaban J connectivity index is 2.15. The van der Waals surface area contributed by atoms with Crippen molar-refractivity contribution in [1.29, 1.82) is 0 Å². The molecule has 0 bridgehead atoms. The highest BCUT2D eigenvalue weighted by Gasteiger charge is 2.31. The van der Waals surface area contributed by atoms with Gasteiger partial charge in [0.15, 0.2) is 0 Å². The van der Waals surface area contributed by atoms with Crippen molar-refractivity contribution in [3.05, 3.63) is 21.3 Å². The second-order valence-electron chi connectivity index (χ2n) is 4.58. The minimum Gasteiger partial charge on any atom is -0.394 e. The smallest absolute Gasteiger partial charge is 0.0933 e. The van der Waals surface area contributed by atoms with E-state index in [1.165, 1.54) is 4.88 Å². The number of aliphatic hydroxyl groups excluding tert-OH is 1. The molecule has 3 unspecified atom stereocenters. The summed E-state index contributed by atoms with van der Waals surface area (Å²) in [5.41, 5.74) is 5.91. The van der Waals surface area contributed by atoms with Gasteiger partial charge in [-0.3, -0.25) is 4.90 Å². The number of nitrogens with two attached hydrogens (primary N) is 1. The van der Waals surface area contributed by atoms with Gasteiger partial charge in [0.25, 0.3) is 0 Å². The zero-order valence-electron chi connectivity index (χ0n) is 10.4. The van der Waals surface area contributed by atoms with E-state index < -0.39 is 0 Å². The van der Waals surface area contributed by atoms with Crippen molar-refractivity contribution in [3.63, 3.8) is 0 Å². The van der Waals surface area contributed by atoms with Gasteiger partial charge in [0.1, 0.15) is 0 Å². The molecule has 1 fully saturated rings. The van der Waals surface area contributed by atoms with Gasteiger partial charge in [-0.05, 0) is 19.1 Å². The molecular formula is C12H19ClN2O2S. The third-order valence-corrected chi connectivity index (χ3v) is 4.64. The van der Waals surface area contributed by atoms with E-state index in [-0.39, 0.29) is 18.8 Å². The first-order chi connectivity index (χ1) is 8.65. The van der Waals surface area contributed by atoms with E-state index in [0.29, 0.717) is 25.7 Å². The first-order valence-electron chi connectivity index (χ1n) is 6.09. The lowest BCUT2D eigenvalue weighted by molar-refractivity contribution is -0.0903. The lowest BCUT2D eigenvalue weighted by Gasteiger charge is -2.41. The third kappa shape index (κ3) is 3.04. The molecule has 1 aromatic rings. The molecule has 3 atom stereocenters. The Morgan fingerprint density at radius 2 is 2.44 bits per heavy atom. The van der Waals surface area contributed by atoms with Crippen LogP contribution in [0, 0.1) is 0 Å². The first-order valence-corrected chi connectivity index (χ1v) is 7.28. The van der Waals surface area contributed by atoms with Crippen molar-refractivity contribution < 1.29 is 9.84 Å². The van der Waals surface area contributed by atoms with E-state index in [9.17, 15) is 5.11 Å². The van der Waals surface area contributed by atoms with Crippen LogP contribution in [0.1, 0.15) is 17.8 Å². The second kappa shape index (κ2) is 6.32. The van der Waals surface area contributed by atoms with Crippen molar-refractivity contribution in [2.75, 3.05) is 26.3 Å². The van der Waals surface area contributed by atoms with Crippen molar-refractivity contribution in [3.8, 4) is 0 Å². The van der Waals surface area contributed by atoms with Gasteiger partial charge in [0.05, 0.1) is 29.7 Å². The average molecular weight is 291 g/mol. The van der Waals surface area contributed by atoms with Crippen LogP contribution in [0.4, 0.5) is 0 Å². The Morgan fingerprint density at radius 1 is 1.67 bits per heavy atom. The fourth-order valence-corrected chi connectivity index (χ4v) is 3.50. The fraction of sp³-hybridized carbons (Fsp3) is 0.667. The lowest BCUT2D eigenvalue weighted by atomic mass is 10.1. The highest BCUT2D eigenvalue weighted by atomic mass is 35.5. The van der Waals surface area contributed by atoms with E-state index in [0.717, 1.165) is 4.34 Å². The summed E-state index contributed by atoms with van der Waals surface area (Å²) in [6.45, 7) is 4.03.